The number of methoxy groups -OCH3 is 1. The first-order chi connectivity index (χ1) is 16.7. The molecule has 2 aliphatic rings. The number of H-pyrrole nitrogens is 1. The lowest BCUT2D eigenvalue weighted by atomic mass is 9.80. The normalized spacial score (nSPS) is 22.8. The molecule has 192 valence electrons. The molecule has 0 unspecified atom stereocenters. The Bertz CT molecular complexity index is 1060. The molecule has 1 aromatic carbocycles. The molecule has 1 saturated heterocycles. The Kier molecular flexibility index (Phi) is 7.71. The number of ether oxygens (including phenoxy) is 3. The van der Waals surface area contributed by atoms with Crippen molar-refractivity contribution in [3.05, 3.63) is 29.0 Å². The molecule has 2 heterocycles. The van der Waals surface area contributed by atoms with Crippen molar-refractivity contribution >= 4 is 22.8 Å². The zero-order valence-electron chi connectivity index (χ0n) is 21.2. The van der Waals surface area contributed by atoms with Crippen LogP contribution in [-0.4, -0.2) is 60.0 Å². The number of amides is 1. The predicted molar refractivity (Wildman–Crippen MR) is 133 cm³/mol. The number of benzene rings is 1. The monoisotopic (exact) mass is 486 g/mol. The third kappa shape index (κ3) is 5.81. The van der Waals surface area contributed by atoms with Crippen LogP contribution in [0.1, 0.15) is 86.8 Å². The summed E-state index contributed by atoms with van der Waals surface area (Å²) in [6, 6.07) is 3.92. The number of carbonyl (C=O) groups is 2. The molecule has 0 radical (unpaired) electrons. The number of aromatic nitrogens is 1. The SMILES string of the molecule is COc1cc2c([C@H]3CCC[C@@H](NC(=O)[C@@H]4CCCO4)C3)c(C(=O)OC(C)(C)C)[nH]c2cc1CCO. The van der Waals surface area contributed by atoms with Gasteiger partial charge in [0.1, 0.15) is 23.1 Å². The molecule has 3 N–H and O–H groups in total. The highest BCUT2D eigenvalue weighted by atomic mass is 16.6. The lowest BCUT2D eigenvalue weighted by molar-refractivity contribution is -0.131. The standard InChI is InChI=1S/C27H38N2O6/c1-27(2,3)35-26(32)24-23(19-15-22(33-4)16(10-11-30)14-20(19)29-24)17-7-5-8-18(13-17)28-25(31)21-9-6-12-34-21/h14-15,17-18,21,29-30H,5-13H2,1-4H3,(H,28,31)/t17-,18+,21-/m0/s1. The fourth-order valence-electron chi connectivity index (χ4n) is 5.37. The van der Waals surface area contributed by atoms with Crippen LogP contribution < -0.4 is 10.1 Å². The van der Waals surface area contributed by atoms with Gasteiger partial charge in [-0.3, -0.25) is 4.79 Å². The molecule has 35 heavy (non-hydrogen) atoms. The first kappa shape index (κ1) is 25.5. The van der Waals surface area contributed by atoms with Gasteiger partial charge >= 0.3 is 5.97 Å². The Morgan fingerprint density at radius 1 is 1.20 bits per heavy atom. The van der Waals surface area contributed by atoms with Crippen LogP contribution in [0.3, 0.4) is 0 Å². The summed E-state index contributed by atoms with van der Waals surface area (Å²) in [6.07, 6.45) is 5.29. The molecule has 1 aliphatic heterocycles. The number of rotatable bonds is 7. The highest BCUT2D eigenvalue weighted by Crippen LogP contribution is 2.41. The summed E-state index contributed by atoms with van der Waals surface area (Å²) in [5, 5.41) is 13.6. The van der Waals surface area contributed by atoms with Gasteiger partial charge in [-0.2, -0.15) is 0 Å². The van der Waals surface area contributed by atoms with E-state index >= 15 is 0 Å². The summed E-state index contributed by atoms with van der Waals surface area (Å²) < 4.78 is 16.9. The lowest BCUT2D eigenvalue weighted by Crippen LogP contribution is -2.43. The highest BCUT2D eigenvalue weighted by molar-refractivity contribution is 5.99. The van der Waals surface area contributed by atoms with E-state index in [0.29, 0.717) is 24.5 Å². The van der Waals surface area contributed by atoms with E-state index in [0.717, 1.165) is 60.6 Å². The second-order valence-corrected chi connectivity index (χ2v) is 10.7. The molecule has 1 aromatic heterocycles. The van der Waals surface area contributed by atoms with E-state index in [2.05, 4.69) is 10.3 Å². The maximum Gasteiger partial charge on any atom is 0.355 e. The topological polar surface area (TPSA) is 110 Å². The number of esters is 1. The molecule has 0 bridgehead atoms. The Balaban J connectivity index is 1.69. The molecule has 1 aliphatic carbocycles. The molecule has 4 rings (SSSR count). The summed E-state index contributed by atoms with van der Waals surface area (Å²) in [5.41, 5.74) is 2.43. The van der Waals surface area contributed by atoms with Crippen LogP contribution in [0.15, 0.2) is 12.1 Å². The van der Waals surface area contributed by atoms with Gasteiger partial charge in [-0.1, -0.05) is 6.42 Å². The van der Waals surface area contributed by atoms with Gasteiger partial charge in [0, 0.05) is 30.2 Å². The van der Waals surface area contributed by atoms with Crippen molar-refractivity contribution in [2.75, 3.05) is 20.3 Å². The number of aromatic amines is 1. The molecule has 8 heteroatoms. The second-order valence-electron chi connectivity index (χ2n) is 10.7. The van der Waals surface area contributed by atoms with Gasteiger partial charge in [-0.15, -0.1) is 0 Å². The molecular weight excluding hydrogens is 448 g/mol. The van der Waals surface area contributed by atoms with Crippen molar-refractivity contribution in [3.8, 4) is 5.75 Å². The predicted octanol–water partition coefficient (Wildman–Crippen LogP) is 3.99. The Labute approximate surface area is 206 Å². The van der Waals surface area contributed by atoms with E-state index in [1.165, 1.54) is 0 Å². The first-order valence-electron chi connectivity index (χ1n) is 12.7. The van der Waals surface area contributed by atoms with Crippen LogP contribution in [0.5, 0.6) is 5.75 Å². The minimum absolute atomic E-state index is 0.00304. The van der Waals surface area contributed by atoms with E-state index in [4.69, 9.17) is 14.2 Å². The number of hydrogen-bond donors (Lipinski definition) is 3. The van der Waals surface area contributed by atoms with Crippen LogP contribution in [0.4, 0.5) is 0 Å². The molecule has 3 atom stereocenters. The number of carbonyl (C=O) groups excluding carboxylic acids is 2. The van der Waals surface area contributed by atoms with Crippen LogP contribution in [0.2, 0.25) is 0 Å². The number of fused-ring (bicyclic) bond motifs is 1. The van der Waals surface area contributed by atoms with Crippen LogP contribution >= 0.6 is 0 Å². The van der Waals surface area contributed by atoms with Gasteiger partial charge < -0.3 is 29.6 Å². The summed E-state index contributed by atoms with van der Waals surface area (Å²) >= 11 is 0. The quantitative estimate of drug-likeness (QED) is 0.511. The van der Waals surface area contributed by atoms with Gasteiger partial charge in [0.25, 0.3) is 0 Å². The molecule has 8 nitrogen and oxygen atoms in total. The van der Waals surface area contributed by atoms with E-state index in [-0.39, 0.29) is 30.6 Å². The molecule has 1 amide bonds. The third-order valence-electron chi connectivity index (χ3n) is 6.87. The van der Waals surface area contributed by atoms with Crippen molar-refractivity contribution < 1.29 is 28.9 Å². The summed E-state index contributed by atoms with van der Waals surface area (Å²) in [7, 11) is 1.61. The molecular formula is C27H38N2O6. The van der Waals surface area contributed by atoms with Crippen LogP contribution in [0.25, 0.3) is 10.9 Å². The van der Waals surface area contributed by atoms with Crippen molar-refractivity contribution in [3.63, 3.8) is 0 Å². The highest BCUT2D eigenvalue weighted by Gasteiger charge is 2.34. The largest absolute Gasteiger partial charge is 0.496 e. The molecule has 0 spiro atoms. The van der Waals surface area contributed by atoms with Crippen molar-refractivity contribution in [2.45, 2.75) is 89.4 Å². The lowest BCUT2D eigenvalue weighted by Gasteiger charge is -2.31. The van der Waals surface area contributed by atoms with E-state index < -0.39 is 11.6 Å². The summed E-state index contributed by atoms with van der Waals surface area (Å²) in [5.74, 6) is 0.330. The van der Waals surface area contributed by atoms with Gasteiger partial charge in [-0.25, -0.2) is 4.79 Å². The van der Waals surface area contributed by atoms with Gasteiger partial charge in [0.15, 0.2) is 0 Å². The maximum atomic E-state index is 13.3. The van der Waals surface area contributed by atoms with Gasteiger partial charge in [0.2, 0.25) is 5.91 Å². The number of aliphatic hydroxyl groups excluding tert-OH is 1. The van der Waals surface area contributed by atoms with Gasteiger partial charge in [-0.05, 0) is 88.5 Å². The number of aliphatic hydroxyl groups is 1. The molecule has 1 saturated carbocycles. The first-order valence-corrected chi connectivity index (χ1v) is 12.7. The number of nitrogens with one attached hydrogen (secondary N) is 2. The van der Waals surface area contributed by atoms with E-state index in [9.17, 15) is 14.7 Å². The average Bonchev–Trinajstić information content (AvgIpc) is 3.46. The Morgan fingerprint density at radius 2 is 2.00 bits per heavy atom. The zero-order valence-corrected chi connectivity index (χ0v) is 21.2. The zero-order chi connectivity index (χ0) is 25.2. The van der Waals surface area contributed by atoms with Crippen molar-refractivity contribution in [1.82, 2.24) is 10.3 Å². The average molecular weight is 487 g/mol. The number of hydrogen-bond acceptors (Lipinski definition) is 6. The fourth-order valence-corrected chi connectivity index (χ4v) is 5.37. The second kappa shape index (κ2) is 10.6. The molecule has 2 aromatic rings. The fraction of sp³-hybridized carbons (Fsp3) is 0.630. The Hall–Kier alpha value is -2.58. The summed E-state index contributed by atoms with van der Waals surface area (Å²) in [6.45, 7) is 6.20. The minimum Gasteiger partial charge on any atom is -0.496 e. The van der Waals surface area contributed by atoms with Crippen molar-refractivity contribution in [2.24, 2.45) is 0 Å². The van der Waals surface area contributed by atoms with Crippen LogP contribution in [-0.2, 0) is 20.7 Å². The molecule has 2 fully saturated rings. The minimum atomic E-state index is -0.629. The van der Waals surface area contributed by atoms with Crippen LogP contribution in [0, 0.1) is 0 Å². The summed E-state index contributed by atoms with van der Waals surface area (Å²) in [4.78, 5) is 29.3. The van der Waals surface area contributed by atoms with Gasteiger partial charge in [0.05, 0.1) is 7.11 Å². The third-order valence-corrected chi connectivity index (χ3v) is 6.87. The van der Waals surface area contributed by atoms with E-state index in [1.54, 1.807) is 7.11 Å². The van der Waals surface area contributed by atoms with Crippen molar-refractivity contribution in [1.29, 1.82) is 0 Å². The smallest absolute Gasteiger partial charge is 0.355 e. The Morgan fingerprint density at radius 3 is 2.66 bits per heavy atom. The van der Waals surface area contributed by atoms with E-state index in [1.807, 2.05) is 32.9 Å². The maximum absolute atomic E-state index is 13.3.